The number of ether oxygens (including phenoxy) is 1. The van der Waals surface area contributed by atoms with Crippen LogP contribution in [-0.2, 0) is 4.74 Å². The maximum Gasteiger partial charge on any atom is 0.254 e. The first-order valence-corrected chi connectivity index (χ1v) is 9.00. The summed E-state index contributed by atoms with van der Waals surface area (Å²) in [4.78, 5) is 15.3. The Kier molecular flexibility index (Phi) is 5.48. The van der Waals surface area contributed by atoms with Crippen molar-refractivity contribution in [3.63, 3.8) is 0 Å². The van der Waals surface area contributed by atoms with E-state index in [0.717, 1.165) is 63.8 Å². The Labute approximate surface area is 150 Å². The van der Waals surface area contributed by atoms with E-state index in [4.69, 9.17) is 4.74 Å². The zero-order valence-electron chi connectivity index (χ0n) is 14.1. The van der Waals surface area contributed by atoms with E-state index in [2.05, 4.69) is 10.2 Å². The molecular weight excluding hydrogens is 324 g/mol. The highest BCUT2D eigenvalue weighted by Crippen LogP contribution is 2.39. The quantitative estimate of drug-likeness (QED) is 0.911. The number of rotatable bonds is 3. The zero-order valence-corrected chi connectivity index (χ0v) is 14.9. The highest BCUT2D eigenvalue weighted by molar-refractivity contribution is 5.94. The van der Waals surface area contributed by atoms with Crippen LogP contribution in [0.4, 0.5) is 0 Å². The lowest BCUT2D eigenvalue weighted by molar-refractivity contribution is -0.117. The summed E-state index contributed by atoms with van der Waals surface area (Å²) in [6.07, 6.45) is 6.44. The molecule has 1 unspecified atom stereocenters. The van der Waals surface area contributed by atoms with Gasteiger partial charge in [-0.1, -0.05) is 18.2 Å². The standard InChI is InChI=1S/C19H26N2O2.ClH/c22-18(15-4-2-1-3-5-15)21(16-6-7-16)17-8-13-23-19(14-17)9-11-20-12-10-19;/h1-5,16-17,20H,6-14H2;1H. The molecule has 1 saturated carbocycles. The molecular formula is C19H27ClN2O2. The van der Waals surface area contributed by atoms with Gasteiger partial charge in [-0.2, -0.15) is 0 Å². The first-order chi connectivity index (χ1) is 11.3. The van der Waals surface area contributed by atoms with Crippen molar-refractivity contribution >= 4 is 18.3 Å². The maximum absolute atomic E-state index is 13.1. The minimum atomic E-state index is -0.00171. The third-order valence-corrected chi connectivity index (χ3v) is 5.57. The molecule has 0 bridgehead atoms. The lowest BCUT2D eigenvalue weighted by Gasteiger charge is -2.46. The molecule has 1 atom stereocenters. The molecule has 4 rings (SSSR count). The Bertz CT molecular complexity index is 550. The van der Waals surface area contributed by atoms with Crippen LogP contribution in [0.1, 0.15) is 48.9 Å². The summed E-state index contributed by atoms with van der Waals surface area (Å²) in [6, 6.07) is 10.5. The number of piperidine rings is 1. The fraction of sp³-hybridized carbons (Fsp3) is 0.632. The van der Waals surface area contributed by atoms with Crippen LogP contribution in [0.5, 0.6) is 0 Å². The van der Waals surface area contributed by atoms with Crippen molar-refractivity contribution in [3.05, 3.63) is 35.9 Å². The minimum Gasteiger partial charge on any atom is -0.375 e. The van der Waals surface area contributed by atoms with Gasteiger partial charge in [0, 0.05) is 24.3 Å². The minimum absolute atomic E-state index is 0. The Morgan fingerprint density at radius 1 is 1.08 bits per heavy atom. The molecule has 4 nitrogen and oxygen atoms in total. The molecule has 2 saturated heterocycles. The number of carbonyl (C=O) groups is 1. The molecule has 1 aromatic carbocycles. The number of hydrogen-bond donors (Lipinski definition) is 1. The molecule has 3 fully saturated rings. The van der Waals surface area contributed by atoms with Crippen molar-refractivity contribution in [2.45, 2.75) is 56.2 Å². The number of halogens is 1. The van der Waals surface area contributed by atoms with Gasteiger partial charge in [-0.05, 0) is 63.7 Å². The van der Waals surface area contributed by atoms with Gasteiger partial charge in [-0.3, -0.25) is 4.79 Å². The summed E-state index contributed by atoms with van der Waals surface area (Å²) in [5, 5.41) is 3.42. The molecule has 5 heteroatoms. The Morgan fingerprint density at radius 2 is 1.79 bits per heavy atom. The molecule has 1 aromatic rings. The molecule has 0 radical (unpaired) electrons. The lowest BCUT2D eigenvalue weighted by atomic mass is 9.82. The molecule has 132 valence electrons. The van der Waals surface area contributed by atoms with Crippen LogP contribution in [-0.4, -0.2) is 48.2 Å². The van der Waals surface area contributed by atoms with Gasteiger partial charge in [-0.15, -0.1) is 12.4 Å². The first-order valence-electron chi connectivity index (χ1n) is 9.00. The lowest BCUT2D eigenvalue weighted by Crippen LogP contribution is -2.54. The molecule has 0 aromatic heterocycles. The first kappa shape index (κ1) is 17.7. The molecule has 2 heterocycles. The summed E-state index contributed by atoms with van der Waals surface area (Å²) in [7, 11) is 0. The SMILES string of the molecule is Cl.O=C(c1ccccc1)N(C1CC1)C1CCOC2(CCNCC2)C1. The third kappa shape index (κ3) is 3.61. The molecule has 1 aliphatic carbocycles. The highest BCUT2D eigenvalue weighted by atomic mass is 35.5. The molecule has 1 N–H and O–H groups in total. The van der Waals surface area contributed by atoms with E-state index in [1.54, 1.807) is 0 Å². The highest BCUT2D eigenvalue weighted by Gasteiger charge is 2.45. The number of nitrogens with zero attached hydrogens (tertiary/aromatic N) is 1. The van der Waals surface area contributed by atoms with E-state index < -0.39 is 0 Å². The van der Waals surface area contributed by atoms with E-state index in [0.29, 0.717) is 12.1 Å². The van der Waals surface area contributed by atoms with Gasteiger partial charge in [0.2, 0.25) is 0 Å². The number of benzene rings is 1. The van der Waals surface area contributed by atoms with Crippen molar-refractivity contribution in [2.75, 3.05) is 19.7 Å². The second kappa shape index (κ2) is 7.42. The molecule has 1 spiro atoms. The summed E-state index contributed by atoms with van der Waals surface area (Å²) in [5.41, 5.74) is 0.823. The van der Waals surface area contributed by atoms with Crippen LogP contribution in [0, 0.1) is 0 Å². The monoisotopic (exact) mass is 350 g/mol. The summed E-state index contributed by atoms with van der Waals surface area (Å²) in [6.45, 7) is 2.85. The molecule has 1 amide bonds. The Hall–Kier alpha value is -1.10. The predicted molar refractivity (Wildman–Crippen MR) is 96.7 cm³/mol. The van der Waals surface area contributed by atoms with Crippen LogP contribution in [0.3, 0.4) is 0 Å². The number of amides is 1. The van der Waals surface area contributed by atoms with E-state index in [1.807, 2.05) is 30.3 Å². The van der Waals surface area contributed by atoms with Gasteiger partial charge in [0.1, 0.15) is 0 Å². The molecule has 2 aliphatic heterocycles. The van der Waals surface area contributed by atoms with Crippen molar-refractivity contribution in [2.24, 2.45) is 0 Å². The number of hydrogen-bond acceptors (Lipinski definition) is 3. The average Bonchev–Trinajstić information content (AvgIpc) is 3.41. The van der Waals surface area contributed by atoms with Gasteiger partial charge in [0.15, 0.2) is 0 Å². The average molecular weight is 351 g/mol. The van der Waals surface area contributed by atoms with Gasteiger partial charge in [0.05, 0.1) is 5.60 Å². The van der Waals surface area contributed by atoms with Crippen LogP contribution in [0.2, 0.25) is 0 Å². The molecule has 3 aliphatic rings. The van der Waals surface area contributed by atoms with E-state index in [9.17, 15) is 4.79 Å². The van der Waals surface area contributed by atoms with Crippen molar-refractivity contribution in [1.82, 2.24) is 10.2 Å². The second-order valence-electron chi connectivity index (χ2n) is 7.24. The Balaban J connectivity index is 0.00000169. The number of nitrogens with one attached hydrogen (secondary N) is 1. The largest absolute Gasteiger partial charge is 0.375 e. The van der Waals surface area contributed by atoms with Crippen molar-refractivity contribution in [1.29, 1.82) is 0 Å². The van der Waals surface area contributed by atoms with Crippen LogP contribution >= 0.6 is 12.4 Å². The van der Waals surface area contributed by atoms with Gasteiger partial charge in [0.25, 0.3) is 5.91 Å². The van der Waals surface area contributed by atoms with Crippen molar-refractivity contribution < 1.29 is 9.53 Å². The normalized spacial score (nSPS) is 25.8. The van der Waals surface area contributed by atoms with Crippen LogP contribution < -0.4 is 5.32 Å². The Morgan fingerprint density at radius 3 is 2.46 bits per heavy atom. The van der Waals surface area contributed by atoms with E-state index in [-0.39, 0.29) is 23.9 Å². The van der Waals surface area contributed by atoms with Crippen LogP contribution in [0.25, 0.3) is 0 Å². The maximum atomic E-state index is 13.1. The predicted octanol–water partition coefficient (Wildman–Crippen LogP) is 3.01. The fourth-order valence-corrected chi connectivity index (χ4v) is 4.18. The van der Waals surface area contributed by atoms with Gasteiger partial charge < -0.3 is 15.0 Å². The number of carbonyl (C=O) groups excluding carboxylic acids is 1. The van der Waals surface area contributed by atoms with Crippen LogP contribution in [0.15, 0.2) is 30.3 Å². The summed E-state index contributed by atoms with van der Waals surface area (Å²) in [5.74, 6) is 0.212. The van der Waals surface area contributed by atoms with Crippen molar-refractivity contribution in [3.8, 4) is 0 Å². The van der Waals surface area contributed by atoms with Gasteiger partial charge in [-0.25, -0.2) is 0 Å². The summed E-state index contributed by atoms with van der Waals surface area (Å²) < 4.78 is 6.19. The smallest absolute Gasteiger partial charge is 0.254 e. The topological polar surface area (TPSA) is 41.6 Å². The van der Waals surface area contributed by atoms with E-state index >= 15 is 0 Å². The fourth-order valence-electron chi connectivity index (χ4n) is 4.18. The second-order valence-corrected chi connectivity index (χ2v) is 7.24. The molecule has 24 heavy (non-hydrogen) atoms. The third-order valence-electron chi connectivity index (χ3n) is 5.57. The zero-order chi connectivity index (χ0) is 15.7. The van der Waals surface area contributed by atoms with E-state index in [1.165, 1.54) is 0 Å². The summed E-state index contributed by atoms with van der Waals surface area (Å²) >= 11 is 0. The van der Waals surface area contributed by atoms with Gasteiger partial charge >= 0.3 is 0 Å².